The van der Waals surface area contributed by atoms with E-state index in [-0.39, 0.29) is 47.0 Å². The van der Waals surface area contributed by atoms with Crippen LogP contribution >= 0.6 is 11.6 Å². The Morgan fingerprint density at radius 1 is 1.03 bits per heavy atom. The first-order chi connectivity index (χ1) is 14.0. The van der Waals surface area contributed by atoms with E-state index in [1.807, 2.05) is 13.0 Å². The van der Waals surface area contributed by atoms with Crippen molar-refractivity contribution >= 4 is 40.7 Å². The fourth-order valence-electron chi connectivity index (χ4n) is 4.92. The van der Waals surface area contributed by atoms with Crippen molar-refractivity contribution in [2.45, 2.75) is 13.3 Å². The van der Waals surface area contributed by atoms with E-state index in [0.29, 0.717) is 16.4 Å². The molecule has 3 amide bonds. The second-order valence-electron chi connectivity index (χ2n) is 7.94. The lowest BCUT2D eigenvalue weighted by Gasteiger charge is -2.20. The van der Waals surface area contributed by atoms with Gasteiger partial charge in [-0.1, -0.05) is 42.0 Å². The van der Waals surface area contributed by atoms with Crippen LogP contribution in [0.1, 0.15) is 22.3 Å². The van der Waals surface area contributed by atoms with E-state index in [1.54, 1.807) is 36.4 Å². The van der Waals surface area contributed by atoms with Gasteiger partial charge in [0.05, 0.1) is 23.1 Å². The van der Waals surface area contributed by atoms with E-state index in [9.17, 15) is 14.4 Å². The lowest BCUT2D eigenvalue weighted by molar-refractivity contribution is -0.123. The number of anilines is 2. The summed E-state index contributed by atoms with van der Waals surface area (Å²) in [6.07, 6.45) is 4.99. The Hall–Kier alpha value is -2.92. The number of carbonyl (C=O) groups is 3. The van der Waals surface area contributed by atoms with Crippen molar-refractivity contribution in [3.05, 3.63) is 70.8 Å². The Kier molecular flexibility index (Phi) is 4.10. The summed E-state index contributed by atoms with van der Waals surface area (Å²) in [6, 6.07) is 12.0. The smallest absolute Gasteiger partial charge is 0.257 e. The molecule has 4 atom stereocenters. The summed E-state index contributed by atoms with van der Waals surface area (Å²) in [6.45, 7) is 1.87. The van der Waals surface area contributed by atoms with Crippen molar-refractivity contribution in [1.29, 1.82) is 0 Å². The number of hydrogen-bond donors (Lipinski definition) is 1. The molecule has 0 spiro atoms. The van der Waals surface area contributed by atoms with Gasteiger partial charge in [-0.3, -0.25) is 14.4 Å². The van der Waals surface area contributed by atoms with Crippen LogP contribution in [0, 0.1) is 30.6 Å². The molecule has 5 rings (SSSR count). The molecule has 6 heteroatoms. The number of amides is 3. The minimum atomic E-state index is -0.385. The first-order valence-corrected chi connectivity index (χ1v) is 10.1. The van der Waals surface area contributed by atoms with Gasteiger partial charge < -0.3 is 5.32 Å². The van der Waals surface area contributed by atoms with Crippen molar-refractivity contribution < 1.29 is 14.4 Å². The lowest BCUT2D eigenvalue weighted by atomic mass is 9.85. The molecule has 2 aromatic rings. The number of imide groups is 1. The molecule has 0 aromatic heterocycles. The normalized spacial score (nSPS) is 26.9. The number of benzene rings is 2. The fourth-order valence-corrected chi connectivity index (χ4v) is 5.09. The number of allylic oxidation sites excluding steroid dienone is 2. The predicted molar refractivity (Wildman–Crippen MR) is 111 cm³/mol. The van der Waals surface area contributed by atoms with Crippen molar-refractivity contribution in [3.63, 3.8) is 0 Å². The largest absolute Gasteiger partial charge is 0.322 e. The third kappa shape index (κ3) is 2.72. The van der Waals surface area contributed by atoms with E-state index in [4.69, 9.17) is 11.6 Å². The molecule has 5 nitrogen and oxygen atoms in total. The molecule has 0 radical (unpaired) electrons. The summed E-state index contributed by atoms with van der Waals surface area (Å²) >= 11 is 6.05. The van der Waals surface area contributed by atoms with Crippen molar-refractivity contribution in [3.8, 4) is 0 Å². The Morgan fingerprint density at radius 2 is 1.69 bits per heavy atom. The monoisotopic (exact) mass is 406 g/mol. The zero-order valence-corrected chi connectivity index (χ0v) is 16.5. The second kappa shape index (κ2) is 6.56. The van der Waals surface area contributed by atoms with Crippen LogP contribution in [0.4, 0.5) is 11.4 Å². The topological polar surface area (TPSA) is 66.5 Å². The molecule has 1 N–H and O–H groups in total. The van der Waals surface area contributed by atoms with Crippen LogP contribution in [0.2, 0.25) is 5.02 Å². The molecule has 146 valence electrons. The Labute approximate surface area is 173 Å². The van der Waals surface area contributed by atoms with Crippen LogP contribution < -0.4 is 10.2 Å². The van der Waals surface area contributed by atoms with E-state index < -0.39 is 0 Å². The van der Waals surface area contributed by atoms with Crippen molar-refractivity contribution in [2.75, 3.05) is 10.2 Å². The van der Waals surface area contributed by atoms with Gasteiger partial charge in [0.2, 0.25) is 11.8 Å². The summed E-state index contributed by atoms with van der Waals surface area (Å²) in [4.78, 5) is 40.5. The Morgan fingerprint density at radius 3 is 2.38 bits per heavy atom. The highest BCUT2D eigenvalue weighted by atomic mass is 35.5. The van der Waals surface area contributed by atoms with Crippen molar-refractivity contribution in [2.24, 2.45) is 23.7 Å². The first kappa shape index (κ1) is 18.1. The molecule has 2 fully saturated rings. The zero-order valence-electron chi connectivity index (χ0n) is 15.8. The van der Waals surface area contributed by atoms with Crippen LogP contribution in [0.25, 0.3) is 0 Å². The molecule has 3 aliphatic rings. The lowest BCUT2D eigenvalue weighted by Crippen LogP contribution is -2.34. The van der Waals surface area contributed by atoms with E-state index in [0.717, 1.165) is 12.0 Å². The van der Waals surface area contributed by atoms with Gasteiger partial charge in [0.1, 0.15) is 0 Å². The van der Waals surface area contributed by atoms with Gasteiger partial charge in [0.15, 0.2) is 0 Å². The van der Waals surface area contributed by atoms with Crippen LogP contribution in [0.5, 0.6) is 0 Å². The van der Waals surface area contributed by atoms with Crippen LogP contribution in [-0.4, -0.2) is 17.7 Å². The average molecular weight is 407 g/mol. The minimum Gasteiger partial charge on any atom is -0.322 e. The number of aryl methyl sites for hydroxylation is 1. The standard InChI is InChI=1S/C23H19ClN2O3/c1-12-6-9-15(24)11-17(12)25-21(27)16-4-2-3-5-18(16)26-22(28)19-13-7-8-14(10-13)20(19)23(26)29/h2-9,11,13-14,19-20H,10H2,1H3,(H,25,27)/t13-,14+,19-,20+. The highest BCUT2D eigenvalue weighted by Gasteiger charge is 2.59. The predicted octanol–water partition coefficient (Wildman–Crippen LogP) is 4.21. The third-order valence-electron chi connectivity index (χ3n) is 6.31. The van der Waals surface area contributed by atoms with Gasteiger partial charge in [0.25, 0.3) is 5.91 Å². The number of nitrogens with zero attached hydrogens (tertiary/aromatic N) is 1. The number of rotatable bonds is 3. The Balaban J connectivity index is 1.49. The average Bonchev–Trinajstić information content (AvgIpc) is 3.38. The van der Waals surface area contributed by atoms with Crippen molar-refractivity contribution in [1.82, 2.24) is 0 Å². The zero-order chi connectivity index (χ0) is 20.3. The molecular formula is C23H19ClN2O3. The third-order valence-corrected chi connectivity index (χ3v) is 6.54. The molecule has 1 heterocycles. The highest BCUT2D eigenvalue weighted by molar-refractivity contribution is 6.31. The number of hydrogen-bond acceptors (Lipinski definition) is 3. The van der Waals surface area contributed by atoms with E-state index >= 15 is 0 Å². The van der Waals surface area contributed by atoms with Gasteiger partial charge in [-0.25, -0.2) is 4.90 Å². The first-order valence-electron chi connectivity index (χ1n) is 9.68. The van der Waals surface area contributed by atoms with Crippen LogP contribution in [0.3, 0.4) is 0 Å². The van der Waals surface area contributed by atoms with Gasteiger partial charge >= 0.3 is 0 Å². The maximum Gasteiger partial charge on any atom is 0.257 e. The van der Waals surface area contributed by atoms with E-state index in [1.165, 1.54) is 4.90 Å². The molecule has 2 aliphatic carbocycles. The quantitative estimate of drug-likeness (QED) is 0.613. The molecule has 1 saturated heterocycles. The number of para-hydroxylation sites is 1. The summed E-state index contributed by atoms with van der Waals surface area (Å²) in [5, 5.41) is 3.37. The summed E-state index contributed by atoms with van der Waals surface area (Å²) in [5.74, 6) is -1.13. The molecule has 2 bridgehead atoms. The van der Waals surface area contributed by atoms with Gasteiger partial charge in [-0.05, 0) is 55.0 Å². The number of nitrogens with one attached hydrogen (secondary N) is 1. The Bertz CT molecular complexity index is 1060. The number of halogens is 1. The molecule has 1 saturated carbocycles. The van der Waals surface area contributed by atoms with Gasteiger partial charge in [-0.2, -0.15) is 0 Å². The maximum absolute atomic E-state index is 13.1. The molecule has 1 aliphatic heterocycles. The van der Waals surface area contributed by atoms with Gasteiger partial charge in [-0.15, -0.1) is 0 Å². The number of fused-ring (bicyclic) bond motifs is 5. The highest BCUT2D eigenvalue weighted by Crippen LogP contribution is 2.53. The second-order valence-corrected chi connectivity index (χ2v) is 8.38. The SMILES string of the molecule is Cc1ccc(Cl)cc1NC(=O)c1ccccc1N1C(=O)[C@@H]2[C@H](C1=O)[C@@H]1C=C[C@H]2C1. The summed E-state index contributed by atoms with van der Waals surface area (Å²) in [5.41, 5.74) is 2.09. The summed E-state index contributed by atoms with van der Waals surface area (Å²) in [7, 11) is 0. The number of carbonyl (C=O) groups excluding carboxylic acids is 3. The molecule has 0 unspecified atom stereocenters. The summed E-state index contributed by atoms with van der Waals surface area (Å²) < 4.78 is 0. The van der Waals surface area contributed by atoms with Crippen LogP contribution in [0.15, 0.2) is 54.6 Å². The molecule has 2 aromatic carbocycles. The molecule has 29 heavy (non-hydrogen) atoms. The maximum atomic E-state index is 13.1. The van der Waals surface area contributed by atoms with Gasteiger partial charge in [0, 0.05) is 10.7 Å². The minimum absolute atomic E-state index is 0.126. The molecular weight excluding hydrogens is 388 g/mol. The fraction of sp³-hybridized carbons (Fsp3) is 0.261. The van der Waals surface area contributed by atoms with Crippen LogP contribution in [-0.2, 0) is 9.59 Å². The van der Waals surface area contributed by atoms with E-state index in [2.05, 4.69) is 17.5 Å².